The number of hydrogen-bond acceptors (Lipinski definition) is 15. The fourth-order valence-electron chi connectivity index (χ4n) is 11.9. The van der Waals surface area contributed by atoms with Gasteiger partial charge < -0.3 is 78.3 Å². The van der Waals surface area contributed by atoms with Gasteiger partial charge in [-0.15, -0.1) is 0 Å². The van der Waals surface area contributed by atoms with E-state index in [9.17, 15) is 57.4 Å². The van der Waals surface area contributed by atoms with Gasteiger partial charge in [-0.25, -0.2) is 18.8 Å². The highest BCUT2D eigenvalue weighted by Gasteiger charge is 2.46. The van der Waals surface area contributed by atoms with Crippen LogP contribution in [0.3, 0.4) is 0 Å². The first kappa shape index (κ1) is 71.5. The van der Waals surface area contributed by atoms with Crippen molar-refractivity contribution in [3.05, 3.63) is 149 Å². The Kier molecular flexibility index (Phi) is 25.2. The predicted octanol–water partition coefficient (Wildman–Crippen LogP) is 3.21. The quantitative estimate of drug-likeness (QED) is 0.0582. The zero-order valence-electron chi connectivity index (χ0n) is 53.3. The number of nitrogens with one attached hydrogen (secondary N) is 11. The fraction of sp³-hybridized carbons (Fsp3) is 0.388. The van der Waals surface area contributed by atoms with E-state index in [4.69, 9.17) is 5.73 Å². The van der Waals surface area contributed by atoms with E-state index >= 15 is 4.79 Å². The maximum absolute atomic E-state index is 15.2. The number of H-pyrrole nitrogens is 3. The molecular formula is C67H79F2N15O11S2. The second-order valence-electron chi connectivity index (χ2n) is 24.0. The molecule has 0 aliphatic carbocycles. The number of amides is 9. The van der Waals surface area contributed by atoms with E-state index in [1.54, 1.807) is 36.1 Å². The highest BCUT2D eigenvalue weighted by atomic mass is 32.2. The Morgan fingerprint density at radius 3 is 1.81 bits per heavy atom. The largest absolute Gasteiger partial charge is 0.508 e. The Hall–Kier alpha value is -9.81. The van der Waals surface area contributed by atoms with E-state index in [0.29, 0.717) is 112 Å². The maximum Gasteiger partial charge on any atom is 0.246 e. The number of unbranched alkanes of at least 4 members (excludes halogenated alkanes) is 1. The molecule has 3 aromatic heterocycles. The summed E-state index contributed by atoms with van der Waals surface area (Å²) < 4.78 is 29.6. The second kappa shape index (κ2) is 34.2. The molecule has 0 spiro atoms. The van der Waals surface area contributed by atoms with Crippen molar-refractivity contribution in [1.82, 2.24) is 67.4 Å². The Labute approximate surface area is 565 Å². The number of thioether (sulfide) groups is 2. The molecule has 0 unspecified atom stereocenters. The van der Waals surface area contributed by atoms with Crippen LogP contribution in [0.1, 0.15) is 79.0 Å². The van der Waals surface area contributed by atoms with Gasteiger partial charge in [0.15, 0.2) is 0 Å². The molecule has 4 aromatic carbocycles. The lowest BCUT2D eigenvalue weighted by atomic mass is 9.95. The minimum atomic E-state index is -1.57. The van der Waals surface area contributed by atoms with Crippen molar-refractivity contribution >= 4 is 105 Å². The van der Waals surface area contributed by atoms with Gasteiger partial charge in [-0.2, -0.15) is 23.5 Å². The molecular weight excluding hydrogens is 1290 g/mol. The number of benzene rings is 4. The van der Waals surface area contributed by atoms with E-state index < -0.39 is 108 Å². The average molecular weight is 1370 g/mol. The molecule has 15 N–H and O–H groups in total. The summed E-state index contributed by atoms with van der Waals surface area (Å²) >= 11 is 2.98. The van der Waals surface area contributed by atoms with Crippen LogP contribution in [-0.4, -0.2) is 175 Å². The third kappa shape index (κ3) is 19.9. The SMILES string of the molecule is C[C@@]12CCCN1C(=O)[C@H](Cc1ccc(O)cc1)NC(=O)[C@H](Cc1c[nH]cn1)NC(=O)CNC(=O)[C@H](Cc1c[nH]c3ccc(F)cc13)NC(=O)[C@H](Cc1c[nH]c3ccc(F)cc13)NC(=O)CNC(=O)[C@H](CCCCN)NC(=O)CCSCc1cc(O)cc(c1)CSCCN/C2=N\C=O. The van der Waals surface area contributed by atoms with Crippen LogP contribution in [-0.2, 0) is 80.3 Å². The number of amidine groups is 1. The highest BCUT2D eigenvalue weighted by Crippen LogP contribution is 2.32. The lowest BCUT2D eigenvalue weighted by Crippen LogP contribution is -2.62. The summed E-state index contributed by atoms with van der Waals surface area (Å²) in [6.07, 6.45) is 7.42. The number of nitrogens with zero attached hydrogens (tertiary/aromatic N) is 3. The van der Waals surface area contributed by atoms with Crippen molar-refractivity contribution in [2.24, 2.45) is 10.7 Å². The van der Waals surface area contributed by atoms with Gasteiger partial charge in [0.05, 0.1) is 30.6 Å². The topological polar surface area (TPSA) is 392 Å². The number of phenols is 2. The molecule has 9 rings (SSSR count). The van der Waals surface area contributed by atoms with Crippen molar-refractivity contribution in [1.29, 1.82) is 0 Å². The van der Waals surface area contributed by atoms with Crippen LogP contribution in [0.15, 0.2) is 109 Å². The number of aromatic amines is 3. The molecule has 2 aliphatic heterocycles. The molecule has 6 atom stereocenters. The molecule has 2 bridgehead atoms. The van der Waals surface area contributed by atoms with Crippen molar-refractivity contribution in [3.8, 4) is 11.5 Å². The Morgan fingerprint density at radius 1 is 0.639 bits per heavy atom. The van der Waals surface area contributed by atoms with E-state index in [-0.39, 0.29) is 62.4 Å². The number of hydrogen-bond donors (Lipinski definition) is 14. The number of halogens is 2. The first-order valence-corrected chi connectivity index (χ1v) is 34.1. The van der Waals surface area contributed by atoms with Crippen LogP contribution >= 0.6 is 23.5 Å². The Balaban J connectivity index is 1.02. The molecule has 2 aliphatic rings. The second-order valence-corrected chi connectivity index (χ2v) is 26.2. The van der Waals surface area contributed by atoms with Gasteiger partial charge in [0.25, 0.3) is 0 Å². The molecule has 5 heterocycles. The smallest absolute Gasteiger partial charge is 0.246 e. The van der Waals surface area contributed by atoms with Crippen molar-refractivity contribution < 1.29 is 62.1 Å². The monoisotopic (exact) mass is 1370 g/mol. The highest BCUT2D eigenvalue weighted by molar-refractivity contribution is 7.98. The summed E-state index contributed by atoms with van der Waals surface area (Å²) in [6.45, 7) is 1.12. The lowest BCUT2D eigenvalue weighted by molar-refractivity contribution is -0.139. The summed E-state index contributed by atoms with van der Waals surface area (Å²) in [7, 11) is 0. The number of imidazole rings is 1. The van der Waals surface area contributed by atoms with Crippen molar-refractivity contribution in [3.63, 3.8) is 0 Å². The maximum atomic E-state index is 15.2. The molecule has 514 valence electrons. The minimum Gasteiger partial charge on any atom is -0.508 e. The molecule has 1 fully saturated rings. The van der Waals surface area contributed by atoms with Crippen molar-refractivity contribution in [2.75, 3.05) is 44.2 Å². The minimum absolute atomic E-state index is 0.0165. The summed E-state index contributed by atoms with van der Waals surface area (Å²) in [6, 6.07) is 12.2. The zero-order valence-corrected chi connectivity index (χ0v) is 54.9. The first-order chi connectivity index (χ1) is 46.7. The number of fused-ring (bicyclic) bond motifs is 5. The standard InChI is InChI=1S/C67H79F2N15O11S2/c1-67-15-4-18-84(67)65(95)57(24-39-6-10-47(86)11-7-39)83-64(94)56(29-46-32-71-37-77-46)81-60(90)34-76-62(92)54(25-42-30-73-51-12-8-44(68)27-49(42)51)82-63(93)55(26-43-31-74-52-13-9-45(69)28-50(43)52)80-59(89)33-75-61(91)53(5-2-3-16-70)79-58(88)14-19-96-35-40-21-41(23-48(87)22-40)36-97-20-17-72-66(67)78-38-85/h6-13,21-23,27-28,30-32,37-38,53-57,73-74,86-87H,2-5,14-20,24-26,29,33-36,70H2,1H3,(H,71,77)(H,75,91)(H,76,92)(H,79,88)(H,80,89)(H,81,90)(H,82,93)(H,83,94)(H,72,78,85)/t53-,54-,55-,56-,57-,67-/m0/s1. The average Bonchev–Trinajstić information content (AvgIpc) is 1.72. The van der Waals surface area contributed by atoms with Crippen molar-refractivity contribution in [2.45, 2.75) is 118 Å². The van der Waals surface area contributed by atoms with Gasteiger partial charge in [-0.3, -0.25) is 43.2 Å². The molecule has 9 amide bonds. The van der Waals surface area contributed by atoms with E-state index in [0.717, 1.165) is 11.1 Å². The summed E-state index contributed by atoms with van der Waals surface area (Å²) in [5.41, 5.74) is 8.82. The van der Waals surface area contributed by atoms with Gasteiger partial charge in [0.2, 0.25) is 53.7 Å². The third-order valence-corrected chi connectivity index (χ3v) is 18.9. The number of aromatic nitrogens is 4. The Bertz CT molecular complexity index is 3980. The molecule has 7 aromatic rings. The third-order valence-electron chi connectivity index (χ3n) is 16.8. The number of phenolic OH excluding ortho intramolecular Hbond substituents is 2. The van der Waals surface area contributed by atoms with Crippen LogP contribution < -0.4 is 48.3 Å². The molecule has 1 saturated heterocycles. The molecule has 30 heteroatoms. The van der Waals surface area contributed by atoms with Crippen LogP contribution in [0.5, 0.6) is 11.5 Å². The predicted molar refractivity (Wildman–Crippen MR) is 363 cm³/mol. The lowest BCUT2D eigenvalue weighted by Gasteiger charge is -2.38. The van der Waals surface area contributed by atoms with Gasteiger partial charge in [-0.05, 0) is 134 Å². The number of aliphatic imine (C=N–C) groups is 1. The molecule has 0 radical (unpaired) electrons. The van der Waals surface area contributed by atoms with Gasteiger partial charge >= 0.3 is 0 Å². The summed E-state index contributed by atoms with van der Waals surface area (Å²) in [5, 5.41) is 43.7. The van der Waals surface area contributed by atoms with Crippen LogP contribution in [0.25, 0.3) is 21.8 Å². The van der Waals surface area contributed by atoms with E-state index in [1.807, 2.05) is 6.07 Å². The number of aromatic hydroxyl groups is 2. The van der Waals surface area contributed by atoms with Gasteiger partial charge in [-0.1, -0.05) is 18.2 Å². The number of rotatable bonds is 13. The Morgan fingerprint density at radius 2 is 1.22 bits per heavy atom. The van der Waals surface area contributed by atoms with Crippen LogP contribution in [0, 0.1) is 11.6 Å². The van der Waals surface area contributed by atoms with Gasteiger partial charge in [0, 0.05) is 109 Å². The van der Waals surface area contributed by atoms with E-state index in [1.165, 1.54) is 97.0 Å². The van der Waals surface area contributed by atoms with Crippen LogP contribution in [0.4, 0.5) is 8.78 Å². The fourth-order valence-corrected chi connectivity index (χ4v) is 13.6. The molecule has 97 heavy (non-hydrogen) atoms. The number of carbonyl (C=O) groups excluding carboxylic acids is 9. The first-order valence-electron chi connectivity index (χ1n) is 31.8. The van der Waals surface area contributed by atoms with Crippen LogP contribution in [0.2, 0.25) is 0 Å². The summed E-state index contributed by atoms with van der Waals surface area (Å²) in [4.78, 5) is 146. The molecule has 26 nitrogen and oxygen atoms in total. The van der Waals surface area contributed by atoms with Gasteiger partial charge in [0.1, 0.15) is 59.2 Å². The van der Waals surface area contributed by atoms with E-state index in [2.05, 4.69) is 67.5 Å². The normalized spacial score (nSPS) is 22.1. The zero-order chi connectivity index (χ0) is 69.0. The summed E-state index contributed by atoms with van der Waals surface area (Å²) in [5.74, 6) is -5.37. The molecule has 0 saturated carbocycles. The number of nitrogens with two attached hydrogens (primary N) is 1. The number of carbonyl (C=O) groups is 9.